The zero-order chi connectivity index (χ0) is 12.3. The van der Waals surface area contributed by atoms with E-state index in [1.807, 2.05) is 31.2 Å². The first-order valence-electron chi connectivity index (χ1n) is 5.32. The molecule has 1 unspecified atom stereocenters. The third-order valence-corrected chi connectivity index (χ3v) is 2.50. The lowest BCUT2D eigenvalue weighted by Gasteiger charge is -2.13. The van der Waals surface area contributed by atoms with Crippen LogP contribution in [0.25, 0.3) is 0 Å². The Balaban J connectivity index is 2.07. The second-order valence-electron chi connectivity index (χ2n) is 3.84. The van der Waals surface area contributed by atoms with Gasteiger partial charge >= 0.3 is 0 Å². The van der Waals surface area contributed by atoms with E-state index < -0.39 is 0 Å². The molecular weight excluding hydrogens is 216 g/mol. The van der Waals surface area contributed by atoms with Gasteiger partial charge in [-0.2, -0.15) is 5.10 Å². The maximum Gasteiger partial charge on any atom is 0.269 e. The molecule has 0 spiro atoms. The van der Waals surface area contributed by atoms with E-state index >= 15 is 0 Å². The fraction of sp³-hybridized carbons (Fsp3) is 0.167. The number of nitrogens with zero attached hydrogens (tertiary/aromatic N) is 1. The number of anilines is 1. The molecule has 88 valence electrons. The number of nitrogens with one attached hydrogen (secondary N) is 2. The van der Waals surface area contributed by atoms with E-state index in [1.54, 1.807) is 12.3 Å². The van der Waals surface area contributed by atoms with Crippen LogP contribution in [0.2, 0.25) is 0 Å². The number of hydrogen-bond acceptors (Lipinski definition) is 3. The van der Waals surface area contributed by atoms with Gasteiger partial charge in [0, 0.05) is 11.9 Å². The van der Waals surface area contributed by atoms with Gasteiger partial charge < -0.3 is 11.1 Å². The highest BCUT2D eigenvalue weighted by Gasteiger charge is 2.12. The fourth-order valence-electron chi connectivity index (χ4n) is 1.57. The van der Waals surface area contributed by atoms with Crippen molar-refractivity contribution in [3.63, 3.8) is 0 Å². The van der Waals surface area contributed by atoms with Gasteiger partial charge in [0.25, 0.3) is 5.91 Å². The van der Waals surface area contributed by atoms with Gasteiger partial charge in [0.15, 0.2) is 0 Å². The van der Waals surface area contributed by atoms with Crippen molar-refractivity contribution in [1.29, 1.82) is 0 Å². The smallest absolute Gasteiger partial charge is 0.269 e. The Morgan fingerprint density at radius 2 is 2.29 bits per heavy atom. The first kappa shape index (κ1) is 11.2. The lowest BCUT2D eigenvalue weighted by molar-refractivity contribution is 0.0935. The third-order valence-electron chi connectivity index (χ3n) is 2.50. The Labute approximate surface area is 99.0 Å². The van der Waals surface area contributed by atoms with Crippen LogP contribution >= 0.6 is 0 Å². The predicted molar refractivity (Wildman–Crippen MR) is 65.3 cm³/mol. The van der Waals surface area contributed by atoms with Crippen LogP contribution in [0.1, 0.15) is 29.0 Å². The van der Waals surface area contributed by atoms with Crippen molar-refractivity contribution in [2.45, 2.75) is 13.0 Å². The summed E-state index contributed by atoms with van der Waals surface area (Å²) in [5, 5.41) is 9.21. The summed E-state index contributed by atoms with van der Waals surface area (Å²) in [5.74, 6) is -0.183. The second kappa shape index (κ2) is 4.69. The summed E-state index contributed by atoms with van der Waals surface area (Å²) in [6, 6.07) is 8.97. The van der Waals surface area contributed by atoms with E-state index in [0.29, 0.717) is 11.4 Å². The molecule has 1 atom stereocenters. The Bertz CT molecular complexity index is 507. The van der Waals surface area contributed by atoms with Crippen molar-refractivity contribution < 1.29 is 4.79 Å². The van der Waals surface area contributed by atoms with Crippen LogP contribution < -0.4 is 11.1 Å². The summed E-state index contributed by atoms with van der Waals surface area (Å²) >= 11 is 0. The number of aromatic nitrogens is 2. The molecule has 0 radical (unpaired) electrons. The molecule has 0 aliphatic rings. The highest BCUT2D eigenvalue weighted by molar-refractivity contribution is 5.92. The van der Waals surface area contributed by atoms with Crippen LogP contribution in [0, 0.1) is 0 Å². The van der Waals surface area contributed by atoms with Gasteiger partial charge in [-0.1, -0.05) is 12.1 Å². The highest BCUT2D eigenvalue weighted by atomic mass is 16.2. The Kier molecular flexibility index (Phi) is 3.09. The van der Waals surface area contributed by atoms with Crippen molar-refractivity contribution >= 4 is 11.6 Å². The van der Waals surface area contributed by atoms with E-state index in [1.165, 1.54) is 0 Å². The molecular formula is C12H14N4O. The normalized spacial score (nSPS) is 12.1. The molecule has 2 aromatic rings. The summed E-state index contributed by atoms with van der Waals surface area (Å²) in [6.07, 6.45) is 1.54. The number of rotatable bonds is 3. The number of benzene rings is 1. The lowest BCUT2D eigenvalue weighted by Crippen LogP contribution is -2.27. The van der Waals surface area contributed by atoms with E-state index in [2.05, 4.69) is 15.5 Å². The van der Waals surface area contributed by atoms with Gasteiger partial charge in [-0.25, -0.2) is 0 Å². The first-order chi connectivity index (χ1) is 8.16. The molecule has 1 aromatic heterocycles. The van der Waals surface area contributed by atoms with Gasteiger partial charge in [-0.15, -0.1) is 0 Å². The van der Waals surface area contributed by atoms with Gasteiger partial charge in [0.2, 0.25) is 0 Å². The predicted octanol–water partition coefficient (Wildman–Crippen LogP) is 1.48. The monoisotopic (exact) mass is 230 g/mol. The summed E-state index contributed by atoms with van der Waals surface area (Å²) < 4.78 is 0. The number of nitrogens with two attached hydrogens (primary N) is 1. The summed E-state index contributed by atoms with van der Waals surface area (Å²) in [4.78, 5) is 11.8. The number of H-pyrrole nitrogens is 1. The van der Waals surface area contributed by atoms with Crippen LogP contribution in [0.4, 0.5) is 5.69 Å². The molecule has 17 heavy (non-hydrogen) atoms. The van der Waals surface area contributed by atoms with Crippen molar-refractivity contribution in [2.24, 2.45) is 0 Å². The van der Waals surface area contributed by atoms with E-state index in [0.717, 1.165) is 5.56 Å². The third kappa shape index (κ3) is 2.63. The Morgan fingerprint density at radius 1 is 1.47 bits per heavy atom. The maximum absolute atomic E-state index is 11.8. The molecule has 0 fully saturated rings. The molecule has 5 heteroatoms. The minimum absolute atomic E-state index is 0.103. The van der Waals surface area contributed by atoms with Crippen molar-refractivity contribution in [2.75, 3.05) is 5.73 Å². The van der Waals surface area contributed by atoms with Crippen molar-refractivity contribution in [1.82, 2.24) is 15.5 Å². The quantitative estimate of drug-likeness (QED) is 0.698. The van der Waals surface area contributed by atoms with E-state index in [-0.39, 0.29) is 11.9 Å². The number of amides is 1. The summed E-state index contributed by atoms with van der Waals surface area (Å²) in [6.45, 7) is 1.91. The van der Waals surface area contributed by atoms with Crippen molar-refractivity contribution in [3.8, 4) is 0 Å². The van der Waals surface area contributed by atoms with Crippen LogP contribution in [-0.2, 0) is 0 Å². The topological polar surface area (TPSA) is 83.8 Å². The van der Waals surface area contributed by atoms with Crippen LogP contribution in [-0.4, -0.2) is 16.1 Å². The van der Waals surface area contributed by atoms with Crippen LogP contribution in [0.15, 0.2) is 36.5 Å². The van der Waals surface area contributed by atoms with Crippen LogP contribution in [0.3, 0.4) is 0 Å². The number of carbonyl (C=O) groups is 1. The number of hydrogen-bond donors (Lipinski definition) is 3. The zero-order valence-corrected chi connectivity index (χ0v) is 9.47. The van der Waals surface area contributed by atoms with Gasteiger partial charge in [0.1, 0.15) is 5.69 Å². The van der Waals surface area contributed by atoms with Gasteiger partial charge in [-0.3, -0.25) is 9.89 Å². The molecule has 0 aliphatic carbocycles. The molecule has 2 rings (SSSR count). The van der Waals surface area contributed by atoms with Crippen LogP contribution in [0.5, 0.6) is 0 Å². The highest BCUT2D eigenvalue weighted by Crippen LogP contribution is 2.15. The largest absolute Gasteiger partial charge is 0.399 e. The molecule has 1 heterocycles. The Morgan fingerprint density at radius 3 is 2.94 bits per heavy atom. The van der Waals surface area contributed by atoms with Gasteiger partial charge in [0.05, 0.1) is 6.04 Å². The van der Waals surface area contributed by atoms with Crippen molar-refractivity contribution in [3.05, 3.63) is 47.8 Å². The first-order valence-corrected chi connectivity index (χ1v) is 5.32. The number of aromatic amines is 1. The second-order valence-corrected chi connectivity index (χ2v) is 3.84. The minimum Gasteiger partial charge on any atom is -0.399 e. The minimum atomic E-state index is -0.183. The molecule has 1 aromatic carbocycles. The molecule has 0 saturated carbocycles. The van der Waals surface area contributed by atoms with Gasteiger partial charge in [-0.05, 0) is 30.7 Å². The average Bonchev–Trinajstić information content (AvgIpc) is 2.82. The molecule has 5 nitrogen and oxygen atoms in total. The lowest BCUT2D eigenvalue weighted by atomic mass is 10.1. The molecule has 0 saturated heterocycles. The molecule has 4 N–H and O–H groups in total. The summed E-state index contributed by atoms with van der Waals surface area (Å²) in [7, 11) is 0. The van der Waals surface area contributed by atoms with E-state index in [9.17, 15) is 4.79 Å². The number of carbonyl (C=O) groups excluding carboxylic acids is 1. The van der Waals surface area contributed by atoms with E-state index in [4.69, 9.17) is 5.73 Å². The molecule has 1 amide bonds. The Hall–Kier alpha value is -2.30. The number of nitrogen functional groups attached to an aromatic ring is 1. The SMILES string of the molecule is CC(NC(=O)c1ccn[nH]1)c1cccc(N)c1. The standard InChI is InChI=1S/C12H14N4O/c1-8(9-3-2-4-10(13)7-9)15-12(17)11-5-6-14-16-11/h2-8H,13H2,1H3,(H,14,16)(H,15,17). The fourth-order valence-corrected chi connectivity index (χ4v) is 1.57. The summed E-state index contributed by atoms with van der Waals surface area (Å²) in [5.41, 5.74) is 7.79. The molecule has 0 aliphatic heterocycles. The maximum atomic E-state index is 11.8. The average molecular weight is 230 g/mol. The molecule has 0 bridgehead atoms. The zero-order valence-electron chi connectivity index (χ0n) is 9.47.